The van der Waals surface area contributed by atoms with Crippen molar-refractivity contribution in [3.8, 4) is 0 Å². The molecular formula is C12H16F3NOS. The summed E-state index contributed by atoms with van der Waals surface area (Å²) in [5.41, 5.74) is -3.47. The second-order valence-electron chi connectivity index (χ2n) is 3.95. The molecule has 102 valence electrons. The van der Waals surface area contributed by atoms with Crippen LogP contribution in [0.2, 0.25) is 0 Å². The maximum Gasteiger partial charge on any atom is 0.446 e. The minimum Gasteiger partial charge on any atom is -0.380 e. The van der Waals surface area contributed by atoms with E-state index in [1.807, 2.05) is 13.8 Å². The molecule has 18 heavy (non-hydrogen) atoms. The molecule has 6 heteroatoms. The molecule has 2 nitrogen and oxygen atoms in total. The topological polar surface area (TPSA) is 21.3 Å². The van der Waals surface area contributed by atoms with Gasteiger partial charge in [-0.2, -0.15) is 13.2 Å². The Morgan fingerprint density at radius 2 is 1.72 bits per heavy atom. The van der Waals surface area contributed by atoms with Gasteiger partial charge in [0.05, 0.1) is 6.10 Å². The van der Waals surface area contributed by atoms with Gasteiger partial charge in [-0.1, -0.05) is 0 Å². The molecule has 1 aromatic carbocycles. The van der Waals surface area contributed by atoms with Crippen LogP contribution >= 0.6 is 11.8 Å². The van der Waals surface area contributed by atoms with Crippen molar-refractivity contribution >= 4 is 17.4 Å². The van der Waals surface area contributed by atoms with Gasteiger partial charge in [-0.3, -0.25) is 0 Å². The lowest BCUT2D eigenvalue weighted by Gasteiger charge is -2.21. The highest BCUT2D eigenvalue weighted by Crippen LogP contribution is 2.37. The van der Waals surface area contributed by atoms with Crippen LogP contribution in [0.3, 0.4) is 0 Å². The fourth-order valence-corrected chi connectivity index (χ4v) is 1.88. The fourth-order valence-electron chi connectivity index (χ4n) is 1.34. The molecule has 2 unspecified atom stereocenters. The van der Waals surface area contributed by atoms with E-state index in [-0.39, 0.29) is 28.8 Å². The van der Waals surface area contributed by atoms with Crippen LogP contribution < -0.4 is 5.32 Å². The molecule has 0 aliphatic carbocycles. The summed E-state index contributed by atoms with van der Waals surface area (Å²) in [6, 6.07) is 6.24. The van der Waals surface area contributed by atoms with E-state index in [4.69, 9.17) is 4.74 Å². The third kappa shape index (κ3) is 5.18. The van der Waals surface area contributed by atoms with Crippen molar-refractivity contribution in [3.63, 3.8) is 0 Å². The predicted octanol–water partition coefficient (Wildman–Crippen LogP) is 4.13. The number of thioether (sulfide) groups is 1. The van der Waals surface area contributed by atoms with Crippen molar-refractivity contribution < 1.29 is 17.9 Å². The lowest BCUT2D eigenvalue weighted by Crippen LogP contribution is -2.29. The summed E-state index contributed by atoms with van der Waals surface area (Å²) in [6.45, 7) is 3.87. The van der Waals surface area contributed by atoms with Crippen molar-refractivity contribution in [2.24, 2.45) is 0 Å². The van der Waals surface area contributed by atoms with E-state index in [2.05, 4.69) is 5.32 Å². The molecular weight excluding hydrogens is 263 g/mol. The van der Waals surface area contributed by atoms with Crippen LogP contribution in [0.15, 0.2) is 29.2 Å². The molecule has 0 fully saturated rings. The van der Waals surface area contributed by atoms with Gasteiger partial charge in [0, 0.05) is 23.7 Å². The number of benzene rings is 1. The van der Waals surface area contributed by atoms with Crippen LogP contribution in [0.25, 0.3) is 0 Å². The lowest BCUT2D eigenvalue weighted by atomic mass is 10.2. The Balaban J connectivity index is 2.60. The van der Waals surface area contributed by atoms with E-state index in [0.717, 1.165) is 5.69 Å². The molecule has 1 N–H and O–H groups in total. The largest absolute Gasteiger partial charge is 0.446 e. The van der Waals surface area contributed by atoms with E-state index in [9.17, 15) is 13.2 Å². The van der Waals surface area contributed by atoms with Crippen LogP contribution in [0, 0.1) is 0 Å². The summed E-state index contributed by atoms with van der Waals surface area (Å²) < 4.78 is 41.6. The monoisotopic (exact) mass is 279 g/mol. The molecule has 0 spiro atoms. The third-order valence-corrected chi connectivity index (χ3v) is 3.30. The van der Waals surface area contributed by atoms with E-state index < -0.39 is 5.51 Å². The molecule has 2 atom stereocenters. The van der Waals surface area contributed by atoms with Gasteiger partial charge in [-0.25, -0.2) is 0 Å². The first-order valence-electron chi connectivity index (χ1n) is 5.47. The Labute approximate surface area is 109 Å². The first kappa shape index (κ1) is 15.2. The van der Waals surface area contributed by atoms with Crippen molar-refractivity contribution in [1.29, 1.82) is 0 Å². The van der Waals surface area contributed by atoms with Gasteiger partial charge in [0.2, 0.25) is 0 Å². The third-order valence-electron chi connectivity index (χ3n) is 2.56. The zero-order valence-corrected chi connectivity index (χ0v) is 11.2. The standard InChI is InChI=1S/C12H16F3NOS/c1-8(9(2)17-3)16-10-4-6-11(7-5-10)18-12(13,14)15/h4-9,16H,1-3H3. The summed E-state index contributed by atoms with van der Waals surface area (Å²) >= 11 is -0.113. The quantitative estimate of drug-likeness (QED) is 0.819. The number of halogens is 3. The highest BCUT2D eigenvalue weighted by atomic mass is 32.2. The number of methoxy groups -OCH3 is 1. The summed E-state index contributed by atoms with van der Waals surface area (Å²) in [4.78, 5) is 0.181. The van der Waals surface area contributed by atoms with Gasteiger partial charge in [0.1, 0.15) is 0 Å². The second kappa shape index (κ2) is 6.33. The molecule has 0 aromatic heterocycles. The number of rotatable bonds is 5. The smallest absolute Gasteiger partial charge is 0.380 e. The van der Waals surface area contributed by atoms with Gasteiger partial charge < -0.3 is 10.1 Å². The summed E-state index contributed by atoms with van der Waals surface area (Å²) in [6.07, 6.45) is 0.0224. The van der Waals surface area contributed by atoms with Gasteiger partial charge in [-0.15, -0.1) is 0 Å². The zero-order chi connectivity index (χ0) is 13.8. The van der Waals surface area contributed by atoms with Crippen LogP contribution in [0.1, 0.15) is 13.8 Å². The van der Waals surface area contributed by atoms with Crippen molar-refractivity contribution in [1.82, 2.24) is 0 Å². The SMILES string of the molecule is COC(C)C(C)Nc1ccc(SC(F)(F)F)cc1. The zero-order valence-electron chi connectivity index (χ0n) is 10.4. The van der Waals surface area contributed by atoms with Crippen LogP contribution in [-0.2, 0) is 4.74 Å². The molecule has 0 heterocycles. The highest BCUT2D eigenvalue weighted by molar-refractivity contribution is 8.00. The second-order valence-corrected chi connectivity index (χ2v) is 5.08. The minimum absolute atomic E-state index is 0.0224. The molecule has 0 radical (unpaired) electrons. The van der Waals surface area contributed by atoms with Crippen LogP contribution in [0.5, 0.6) is 0 Å². The average molecular weight is 279 g/mol. The molecule has 0 saturated carbocycles. The Morgan fingerprint density at radius 3 is 2.17 bits per heavy atom. The normalized spacial score (nSPS) is 15.2. The first-order chi connectivity index (χ1) is 8.31. The number of hydrogen-bond donors (Lipinski definition) is 1. The number of alkyl halides is 3. The maximum atomic E-state index is 12.1. The number of ether oxygens (including phenoxy) is 1. The van der Waals surface area contributed by atoms with Crippen molar-refractivity contribution in [3.05, 3.63) is 24.3 Å². The molecule has 0 aliphatic heterocycles. The molecule has 0 bridgehead atoms. The Morgan fingerprint density at radius 1 is 1.17 bits per heavy atom. The number of hydrogen-bond acceptors (Lipinski definition) is 3. The number of anilines is 1. The summed E-state index contributed by atoms with van der Waals surface area (Å²) in [5.74, 6) is 0. The van der Waals surface area contributed by atoms with Gasteiger partial charge in [-0.05, 0) is 49.9 Å². The van der Waals surface area contributed by atoms with Gasteiger partial charge in [0.15, 0.2) is 0 Å². The van der Waals surface area contributed by atoms with Crippen molar-refractivity contribution in [2.75, 3.05) is 12.4 Å². The molecule has 0 aliphatic rings. The number of nitrogens with one attached hydrogen (secondary N) is 1. The highest BCUT2D eigenvalue weighted by Gasteiger charge is 2.29. The van der Waals surface area contributed by atoms with E-state index >= 15 is 0 Å². The molecule has 1 aromatic rings. The molecule has 0 saturated heterocycles. The fraction of sp³-hybridized carbons (Fsp3) is 0.500. The van der Waals surface area contributed by atoms with E-state index in [0.29, 0.717) is 0 Å². The first-order valence-corrected chi connectivity index (χ1v) is 6.28. The van der Waals surface area contributed by atoms with Gasteiger partial charge >= 0.3 is 5.51 Å². The lowest BCUT2D eigenvalue weighted by molar-refractivity contribution is -0.0328. The Kier molecular flexibility index (Phi) is 5.34. The molecule has 1 rings (SSSR count). The summed E-state index contributed by atoms with van der Waals surface area (Å²) in [7, 11) is 1.62. The van der Waals surface area contributed by atoms with Crippen molar-refractivity contribution in [2.45, 2.75) is 36.4 Å². The predicted molar refractivity (Wildman–Crippen MR) is 67.9 cm³/mol. The Hall–Kier alpha value is -0.880. The minimum atomic E-state index is -4.24. The van der Waals surface area contributed by atoms with E-state index in [1.165, 1.54) is 12.1 Å². The Bertz CT molecular complexity index is 367. The average Bonchev–Trinajstić information content (AvgIpc) is 2.28. The van der Waals surface area contributed by atoms with Crippen LogP contribution in [0.4, 0.5) is 18.9 Å². The maximum absolute atomic E-state index is 12.1. The van der Waals surface area contributed by atoms with Gasteiger partial charge in [0.25, 0.3) is 0 Å². The van der Waals surface area contributed by atoms with E-state index in [1.54, 1.807) is 19.2 Å². The summed E-state index contributed by atoms with van der Waals surface area (Å²) in [5, 5.41) is 3.17. The van der Waals surface area contributed by atoms with Crippen LogP contribution in [-0.4, -0.2) is 24.8 Å². The molecule has 0 amide bonds.